The van der Waals surface area contributed by atoms with Crippen LogP contribution in [0.5, 0.6) is 0 Å². The van der Waals surface area contributed by atoms with Gasteiger partial charge < -0.3 is 16.8 Å². The van der Waals surface area contributed by atoms with Crippen LogP contribution < -0.4 is 16.8 Å². The monoisotopic (exact) mass is 260 g/mol. The van der Waals surface area contributed by atoms with E-state index in [1.54, 1.807) is 0 Å². The van der Waals surface area contributed by atoms with Crippen molar-refractivity contribution in [3.8, 4) is 0 Å². The van der Waals surface area contributed by atoms with E-state index in [9.17, 15) is 0 Å². The van der Waals surface area contributed by atoms with Crippen molar-refractivity contribution in [2.24, 2.45) is 21.9 Å². The maximum Gasteiger partial charge on any atom is 0.195 e. The Morgan fingerprint density at radius 1 is 1.41 bits per heavy atom. The van der Waals surface area contributed by atoms with Gasteiger partial charge in [0.2, 0.25) is 0 Å². The number of nitrogens with zero attached hydrogens (tertiary/aromatic N) is 1. The van der Waals surface area contributed by atoms with E-state index in [2.05, 4.69) is 44.9 Å². The number of halogens is 1. The Balaban J connectivity index is 4.60. The lowest BCUT2D eigenvalue weighted by Crippen LogP contribution is -2.43. The number of rotatable bonds is 5. The average Bonchev–Trinajstić information content (AvgIpc) is 2.13. The number of amidine groups is 1. The topological polar surface area (TPSA) is 76.4 Å². The van der Waals surface area contributed by atoms with E-state index in [0.29, 0.717) is 11.9 Å². The van der Waals surface area contributed by atoms with E-state index in [1.807, 2.05) is 6.08 Å². The molecule has 0 fully saturated rings. The molecule has 0 saturated carbocycles. The Kier molecular flexibility index (Phi) is 6.57. The van der Waals surface area contributed by atoms with Gasteiger partial charge in [-0.2, -0.15) is 0 Å². The van der Waals surface area contributed by atoms with Crippen molar-refractivity contribution < 1.29 is 0 Å². The molecule has 0 heterocycles. The molecule has 2 unspecified atom stereocenters. The molecule has 0 aromatic heterocycles. The zero-order valence-corrected chi connectivity index (χ0v) is 12.2. The van der Waals surface area contributed by atoms with Gasteiger partial charge in [0.05, 0.1) is 0 Å². The summed E-state index contributed by atoms with van der Waals surface area (Å²) < 4.78 is 0. The Labute approximate surface area is 109 Å². The number of hydrogen-bond donors (Lipinski definition) is 3. The quantitative estimate of drug-likeness (QED) is 0.403. The third kappa shape index (κ3) is 7.23. The SMILES string of the molecule is CCC(/C=C(/N)N=C(N)Cl)NC(C)C(C)(C)C. The van der Waals surface area contributed by atoms with Crippen LogP contribution in [0.4, 0.5) is 0 Å². The summed E-state index contributed by atoms with van der Waals surface area (Å²) in [7, 11) is 0. The molecule has 0 aliphatic heterocycles. The van der Waals surface area contributed by atoms with Crippen LogP contribution in [0, 0.1) is 5.41 Å². The summed E-state index contributed by atoms with van der Waals surface area (Å²) in [6, 6.07) is 0.540. The van der Waals surface area contributed by atoms with Gasteiger partial charge in [-0.25, -0.2) is 4.99 Å². The summed E-state index contributed by atoms with van der Waals surface area (Å²) in [6.07, 6.45) is 2.77. The second kappa shape index (κ2) is 6.87. The second-order valence-electron chi connectivity index (χ2n) is 5.30. The van der Waals surface area contributed by atoms with Gasteiger partial charge in [-0.05, 0) is 36.4 Å². The zero-order chi connectivity index (χ0) is 13.6. The molecule has 0 saturated heterocycles. The van der Waals surface area contributed by atoms with Crippen LogP contribution in [0.1, 0.15) is 41.0 Å². The third-order valence-corrected chi connectivity index (χ3v) is 2.90. The minimum Gasteiger partial charge on any atom is -0.384 e. The molecule has 100 valence electrons. The summed E-state index contributed by atoms with van der Waals surface area (Å²) in [5.41, 5.74) is 11.2. The zero-order valence-electron chi connectivity index (χ0n) is 11.4. The van der Waals surface area contributed by atoms with Crippen LogP contribution in [0.25, 0.3) is 0 Å². The summed E-state index contributed by atoms with van der Waals surface area (Å²) in [5, 5.41) is 3.46. The van der Waals surface area contributed by atoms with Crippen LogP contribution in [0.15, 0.2) is 16.9 Å². The molecule has 0 aromatic carbocycles. The van der Waals surface area contributed by atoms with Crippen LogP contribution in [-0.4, -0.2) is 17.4 Å². The first kappa shape index (κ1) is 16.3. The molecule has 0 spiro atoms. The highest BCUT2D eigenvalue weighted by atomic mass is 35.5. The van der Waals surface area contributed by atoms with Crippen molar-refractivity contribution in [1.29, 1.82) is 0 Å². The van der Waals surface area contributed by atoms with Crippen molar-refractivity contribution in [3.05, 3.63) is 11.9 Å². The Hall–Kier alpha value is -0.740. The van der Waals surface area contributed by atoms with E-state index >= 15 is 0 Å². The Bertz CT molecular complexity index is 287. The van der Waals surface area contributed by atoms with Crippen LogP contribution in [-0.2, 0) is 0 Å². The fourth-order valence-corrected chi connectivity index (χ4v) is 1.32. The summed E-state index contributed by atoms with van der Waals surface area (Å²) in [4.78, 5) is 3.79. The number of hydrogen-bond acceptors (Lipinski definition) is 3. The maximum absolute atomic E-state index is 5.71. The van der Waals surface area contributed by atoms with Gasteiger partial charge in [0.1, 0.15) is 5.82 Å². The Morgan fingerprint density at radius 2 is 1.94 bits per heavy atom. The smallest absolute Gasteiger partial charge is 0.195 e. The van der Waals surface area contributed by atoms with E-state index < -0.39 is 0 Å². The largest absolute Gasteiger partial charge is 0.384 e. The summed E-state index contributed by atoms with van der Waals surface area (Å²) in [6.45, 7) is 10.8. The standard InChI is InChI=1S/C12H25ClN4/c1-6-9(7-10(14)17-11(13)15)16-8(2)12(3,4)5/h7-9,16H,6,14H2,1-5H3,(H2,15,17)/b10-7-. The van der Waals surface area contributed by atoms with Crippen molar-refractivity contribution in [2.45, 2.75) is 53.1 Å². The lowest BCUT2D eigenvalue weighted by Gasteiger charge is -2.31. The Morgan fingerprint density at radius 3 is 2.29 bits per heavy atom. The fourth-order valence-electron chi connectivity index (χ4n) is 1.22. The van der Waals surface area contributed by atoms with E-state index in [1.165, 1.54) is 0 Å². The van der Waals surface area contributed by atoms with Gasteiger partial charge in [0, 0.05) is 12.1 Å². The lowest BCUT2D eigenvalue weighted by atomic mass is 9.87. The molecule has 4 nitrogen and oxygen atoms in total. The molecule has 0 aromatic rings. The predicted molar refractivity (Wildman–Crippen MR) is 75.9 cm³/mol. The van der Waals surface area contributed by atoms with Gasteiger partial charge in [-0.15, -0.1) is 0 Å². The highest BCUT2D eigenvalue weighted by molar-refractivity contribution is 6.64. The van der Waals surface area contributed by atoms with Crippen LogP contribution in [0.2, 0.25) is 0 Å². The first-order valence-corrected chi connectivity index (χ1v) is 6.27. The fraction of sp³-hybridized carbons (Fsp3) is 0.750. The van der Waals surface area contributed by atoms with Gasteiger partial charge in [-0.1, -0.05) is 27.7 Å². The first-order chi connectivity index (χ1) is 7.66. The van der Waals surface area contributed by atoms with Crippen molar-refractivity contribution in [1.82, 2.24) is 5.32 Å². The van der Waals surface area contributed by atoms with Crippen molar-refractivity contribution in [3.63, 3.8) is 0 Å². The molecule has 5 heteroatoms. The van der Waals surface area contributed by atoms with Gasteiger partial charge in [0.15, 0.2) is 5.29 Å². The normalized spacial score (nSPS) is 18.0. The molecule has 0 rings (SSSR count). The number of aliphatic imine (C=N–C) groups is 1. The molecule has 0 aliphatic rings. The van der Waals surface area contributed by atoms with Gasteiger partial charge in [-0.3, -0.25) is 0 Å². The molecule has 0 bridgehead atoms. The number of nitrogens with two attached hydrogens (primary N) is 2. The molecule has 17 heavy (non-hydrogen) atoms. The minimum atomic E-state index is -0.0440. The van der Waals surface area contributed by atoms with E-state index in [-0.39, 0.29) is 16.8 Å². The highest BCUT2D eigenvalue weighted by Gasteiger charge is 2.21. The van der Waals surface area contributed by atoms with E-state index in [0.717, 1.165) is 6.42 Å². The summed E-state index contributed by atoms with van der Waals surface area (Å²) in [5.74, 6) is 0.345. The molecular formula is C12H25ClN4. The van der Waals surface area contributed by atoms with Crippen molar-refractivity contribution >= 4 is 16.9 Å². The first-order valence-electron chi connectivity index (χ1n) is 5.89. The predicted octanol–water partition coefficient (Wildman–Crippen LogP) is 2.14. The molecule has 5 N–H and O–H groups in total. The molecule has 0 aliphatic carbocycles. The summed E-state index contributed by atoms with van der Waals surface area (Å²) >= 11 is 5.46. The van der Waals surface area contributed by atoms with Crippen LogP contribution >= 0.6 is 11.6 Å². The lowest BCUT2D eigenvalue weighted by molar-refractivity contribution is 0.272. The maximum atomic E-state index is 5.71. The number of nitrogens with one attached hydrogen (secondary N) is 1. The average molecular weight is 261 g/mol. The van der Waals surface area contributed by atoms with Crippen LogP contribution in [0.3, 0.4) is 0 Å². The molecule has 2 atom stereocenters. The molecule has 0 radical (unpaired) electrons. The second-order valence-corrected chi connectivity index (χ2v) is 5.68. The molecule has 0 amide bonds. The molecular weight excluding hydrogens is 236 g/mol. The third-order valence-electron chi connectivity index (χ3n) is 2.81. The minimum absolute atomic E-state index is 0.0440. The van der Waals surface area contributed by atoms with E-state index in [4.69, 9.17) is 23.1 Å². The van der Waals surface area contributed by atoms with Gasteiger partial charge in [0.25, 0.3) is 0 Å². The van der Waals surface area contributed by atoms with Crippen molar-refractivity contribution in [2.75, 3.05) is 0 Å². The van der Waals surface area contributed by atoms with Gasteiger partial charge >= 0.3 is 0 Å². The highest BCUT2D eigenvalue weighted by Crippen LogP contribution is 2.19.